The molecule has 6 nitrogen and oxygen atoms in total. The van der Waals surface area contributed by atoms with Crippen LogP contribution in [0.4, 0.5) is 0 Å². The molecule has 128 valence electrons. The van der Waals surface area contributed by atoms with Crippen LogP contribution in [0.15, 0.2) is 24.3 Å². The number of phenols is 1. The van der Waals surface area contributed by atoms with Gasteiger partial charge < -0.3 is 25.6 Å². The van der Waals surface area contributed by atoms with E-state index in [0.717, 1.165) is 13.1 Å². The van der Waals surface area contributed by atoms with Crippen LogP contribution in [-0.2, 0) is 4.74 Å². The molecule has 0 aliphatic carbocycles. The Bertz CT molecular complexity index is 513. The zero-order valence-electron chi connectivity index (χ0n) is 13.2. The van der Waals surface area contributed by atoms with Gasteiger partial charge in [-0.3, -0.25) is 4.79 Å². The van der Waals surface area contributed by atoms with Gasteiger partial charge in [-0.2, -0.15) is 0 Å². The summed E-state index contributed by atoms with van der Waals surface area (Å²) in [5.41, 5.74) is 4.96. The standard InChI is InChI=1S/C14H19NO3S.CH3NOS/c1-3-15(4-2)14(19)18-10-9-13(17)11-5-7-12(16)8-6-11;2-1(3)4/h5-8,16H,3-4,9-10H2,1-2H3;(H3,2,3,4). The number of carbonyl (C=O) groups excluding carboxylic acids is 1. The highest BCUT2D eigenvalue weighted by atomic mass is 32.1. The summed E-state index contributed by atoms with van der Waals surface area (Å²) < 4.78 is 5.39. The fourth-order valence-corrected chi connectivity index (χ4v) is 1.94. The second kappa shape index (κ2) is 11.6. The van der Waals surface area contributed by atoms with Crippen molar-refractivity contribution in [3.05, 3.63) is 29.8 Å². The average molecular weight is 358 g/mol. The number of nitrogens with zero attached hydrogens (tertiary/aromatic N) is 1. The van der Waals surface area contributed by atoms with Crippen molar-refractivity contribution in [2.45, 2.75) is 20.3 Å². The fraction of sp³-hybridized carbons (Fsp3) is 0.400. The van der Waals surface area contributed by atoms with Crippen LogP contribution in [0.25, 0.3) is 0 Å². The summed E-state index contributed by atoms with van der Waals surface area (Å²) >= 11 is 8.99. The lowest BCUT2D eigenvalue weighted by Gasteiger charge is -2.21. The zero-order chi connectivity index (χ0) is 17.8. The first-order valence-electron chi connectivity index (χ1n) is 7.04. The molecule has 0 fully saturated rings. The zero-order valence-corrected chi connectivity index (χ0v) is 14.8. The molecule has 0 saturated heterocycles. The molecule has 0 atom stereocenters. The minimum Gasteiger partial charge on any atom is -0.508 e. The van der Waals surface area contributed by atoms with Crippen molar-refractivity contribution in [2.75, 3.05) is 19.7 Å². The van der Waals surface area contributed by atoms with Crippen LogP contribution in [0.5, 0.6) is 5.75 Å². The lowest BCUT2D eigenvalue weighted by Crippen LogP contribution is -2.31. The smallest absolute Gasteiger partial charge is 0.259 e. The number of benzene rings is 1. The third kappa shape index (κ3) is 9.64. The van der Waals surface area contributed by atoms with Crippen LogP contribution in [0.2, 0.25) is 0 Å². The van der Waals surface area contributed by atoms with Crippen molar-refractivity contribution < 1.29 is 19.7 Å². The van der Waals surface area contributed by atoms with E-state index in [4.69, 9.17) is 27.2 Å². The first-order chi connectivity index (χ1) is 10.8. The Kier molecular flexibility index (Phi) is 10.6. The number of aliphatic hydroxyl groups excluding tert-OH is 1. The molecule has 0 spiro atoms. The average Bonchev–Trinajstić information content (AvgIpc) is 2.48. The maximum atomic E-state index is 11.8. The molecule has 0 radical (unpaired) electrons. The molecule has 1 aromatic carbocycles. The Morgan fingerprint density at radius 3 is 2.13 bits per heavy atom. The number of rotatable bonds is 6. The van der Waals surface area contributed by atoms with Crippen LogP contribution in [0.1, 0.15) is 30.6 Å². The van der Waals surface area contributed by atoms with E-state index in [0.29, 0.717) is 10.7 Å². The van der Waals surface area contributed by atoms with Gasteiger partial charge in [0.15, 0.2) is 5.78 Å². The quantitative estimate of drug-likeness (QED) is 0.527. The van der Waals surface area contributed by atoms with Crippen LogP contribution in [0, 0.1) is 0 Å². The molecule has 0 bridgehead atoms. The van der Waals surface area contributed by atoms with Crippen molar-refractivity contribution >= 4 is 40.6 Å². The Morgan fingerprint density at radius 2 is 1.70 bits per heavy atom. The first-order valence-corrected chi connectivity index (χ1v) is 7.85. The molecule has 1 aromatic rings. The highest BCUT2D eigenvalue weighted by Crippen LogP contribution is 2.11. The molecule has 0 heterocycles. The SMILES string of the molecule is CCN(CC)C(=S)OCCC(=O)c1ccc(O)cc1.NC(O)=S. The fourth-order valence-electron chi connectivity index (χ4n) is 1.60. The molecule has 0 aromatic heterocycles. The van der Waals surface area contributed by atoms with Crippen molar-refractivity contribution in [1.29, 1.82) is 0 Å². The minimum absolute atomic E-state index is 0.0256. The van der Waals surface area contributed by atoms with E-state index in [1.165, 1.54) is 12.1 Å². The van der Waals surface area contributed by atoms with Crippen molar-refractivity contribution in [2.24, 2.45) is 5.73 Å². The van der Waals surface area contributed by atoms with Gasteiger partial charge in [0.2, 0.25) is 0 Å². The largest absolute Gasteiger partial charge is 0.508 e. The Hall–Kier alpha value is -1.93. The third-order valence-electron chi connectivity index (χ3n) is 2.77. The molecule has 0 saturated carbocycles. The van der Waals surface area contributed by atoms with Gasteiger partial charge in [-0.1, -0.05) is 0 Å². The van der Waals surface area contributed by atoms with Crippen LogP contribution in [-0.4, -0.2) is 50.9 Å². The summed E-state index contributed by atoms with van der Waals surface area (Å²) in [5, 5.41) is 16.6. The molecule has 0 amide bonds. The Morgan fingerprint density at radius 1 is 1.22 bits per heavy atom. The second-order valence-electron chi connectivity index (χ2n) is 4.34. The number of carbonyl (C=O) groups is 1. The number of thiocarbonyl (C=S) groups is 2. The predicted molar refractivity (Wildman–Crippen MR) is 97.9 cm³/mol. The molecule has 23 heavy (non-hydrogen) atoms. The number of phenolic OH excluding ortho intramolecular Hbond substituents is 1. The van der Waals surface area contributed by atoms with Crippen LogP contribution in [0.3, 0.4) is 0 Å². The van der Waals surface area contributed by atoms with Crippen molar-refractivity contribution in [1.82, 2.24) is 4.90 Å². The summed E-state index contributed by atoms with van der Waals surface area (Å²) in [5.74, 6) is 0.123. The lowest BCUT2D eigenvalue weighted by atomic mass is 10.1. The van der Waals surface area contributed by atoms with Crippen molar-refractivity contribution in [3.8, 4) is 5.75 Å². The molecular formula is C15H22N2O4S2. The second-order valence-corrected chi connectivity index (χ2v) is 5.11. The number of ether oxygens (including phenoxy) is 1. The number of Topliss-reactive ketones (excluding diaryl/α,β-unsaturated/α-hetero) is 1. The first kappa shape index (κ1) is 21.1. The van der Waals surface area contributed by atoms with Gasteiger partial charge in [-0.15, -0.1) is 0 Å². The monoisotopic (exact) mass is 358 g/mol. The van der Waals surface area contributed by atoms with Gasteiger partial charge in [-0.05, 0) is 62.5 Å². The van der Waals surface area contributed by atoms with E-state index in [9.17, 15) is 4.79 Å². The van der Waals surface area contributed by atoms with Gasteiger partial charge in [0.25, 0.3) is 10.3 Å². The molecule has 1 rings (SSSR count). The summed E-state index contributed by atoms with van der Waals surface area (Å²) in [7, 11) is 0. The summed E-state index contributed by atoms with van der Waals surface area (Å²) in [4.78, 5) is 13.7. The van der Waals surface area contributed by atoms with Crippen molar-refractivity contribution in [3.63, 3.8) is 0 Å². The number of ketones is 1. The van der Waals surface area contributed by atoms with Gasteiger partial charge in [0.05, 0.1) is 6.61 Å². The Labute approximate surface area is 146 Å². The molecule has 4 N–H and O–H groups in total. The van der Waals surface area contributed by atoms with Crippen LogP contribution < -0.4 is 5.73 Å². The van der Waals surface area contributed by atoms with Gasteiger partial charge >= 0.3 is 0 Å². The molecular weight excluding hydrogens is 336 g/mol. The highest BCUT2D eigenvalue weighted by molar-refractivity contribution is 7.80. The third-order valence-corrected chi connectivity index (χ3v) is 3.14. The molecule has 8 heteroatoms. The number of hydrogen-bond acceptors (Lipinski definition) is 5. The van der Waals surface area contributed by atoms with E-state index in [2.05, 4.69) is 18.0 Å². The minimum atomic E-state index is -0.500. The van der Waals surface area contributed by atoms with Gasteiger partial charge in [0, 0.05) is 25.1 Å². The van der Waals surface area contributed by atoms with E-state index in [1.54, 1.807) is 12.1 Å². The number of aliphatic hydroxyl groups is 1. The van der Waals surface area contributed by atoms with E-state index < -0.39 is 5.17 Å². The topological polar surface area (TPSA) is 96.0 Å². The normalized spacial score (nSPS) is 9.30. The number of nitrogens with two attached hydrogens (primary N) is 1. The summed E-state index contributed by atoms with van der Waals surface area (Å²) in [6.07, 6.45) is 0.270. The Balaban J connectivity index is 0.00000108. The van der Waals surface area contributed by atoms with Gasteiger partial charge in [0.1, 0.15) is 5.75 Å². The predicted octanol–water partition coefficient (Wildman–Crippen LogP) is 2.40. The maximum absolute atomic E-state index is 11.8. The lowest BCUT2D eigenvalue weighted by molar-refractivity contribution is 0.0955. The van der Waals surface area contributed by atoms with Crippen LogP contribution >= 0.6 is 24.4 Å². The van der Waals surface area contributed by atoms with Gasteiger partial charge in [-0.25, -0.2) is 0 Å². The van der Waals surface area contributed by atoms with E-state index in [1.807, 2.05) is 18.7 Å². The molecule has 0 aliphatic heterocycles. The molecule has 0 aliphatic rings. The highest BCUT2D eigenvalue weighted by Gasteiger charge is 2.09. The summed E-state index contributed by atoms with van der Waals surface area (Å²) in [6.45, 7) is 5.86. The number of hydrogen-bond donors (Lipinski definition) is 3. The summed E-state index contributed by atoms with van der Waals surface area (Å²) in [6, 6.07) is 6.18. The van der Waals surface area contributed by atoms with E-state index >= 15 is 0 Å². The maximum Gasteiger partial charge on any atom is 0.259 e. The van der Waals surface area contributed by atoms with E-state index in [-0.39, 0.29) is 24.6 Å². The molecule has 0 unspecified atom stereocenters. The number of aromatic hydroxyl groups is 1.